The van der Waals surface area contributed by atoms with Crippen molar-refractivity contribution in [3.05, 3.63) is 29.1 Å². The predicted molar refractivity (Wildman–Crippen MR) is 92.9 cm³/mol. The first-order valence-corrected chi connectivity index (χ1v) is 8.72. The van der Waals surface area contributed by atoms with Crippen LogP contribution in [0.3, 0.4) is 0 Å². The van der Waals surface area contributed by atoms with Gasteiger partial charge < -0.3 is 20.6 Å². The fourth-order valence-electron chi connectivity index (χ4n) is 3.29. The molecule has 2 aliphatic rings. The fraction of sp³-hybridized carbons (Fsp3) is 0.444. The fourth-order valence-corrected chi connectivity index (χ4v) is 3.29. The predicted octanol–water partition coefficient (Wildman–Crippen LogP) is 0.134. The lowest BCUT2D eigenvalue weighted by Crippen LogP contribution is -2.55. The SMILES string of the molecule is O=Cc1cc(F)c(N2CCC(=O)CC2)cc1C(=O)NC1CCC(=O)NC1O. The quantitative estimate of drug-likeness (QED) is 0.643. The van der Waals surface area contributed by atoms with Gasteiger partial charge in [-0.15, -0.1) is 0 Å². The molecular formula is C18H20FN3O5. The molecule has 0 saturated carbocycles. The minimum absolute atomic E-state index is 0.0256. The number of piperidine rings is 2. The van der Waals surface area contributed by atoms with Gasteiger partial charge in [0.1, 0.15) is 17.8 Å². The highest BCUT2D eigenvalue weighted by atomic mass is 19.1. The molecule has 2 fully saturated rings. The third-order valence-corrected chi connectivity index (χ3v) is 4.84. The van der Waals surface area contributed by atoms with E-state index in [-0.39, 0.29) is 41.3 Å². The lowest BCUT2D eigenvalue weighted by Gasteiger charge is -2.30. The largest absolute Gasteiger partial charge is 0.372 e. The van der Waals surface area contributed by atoms with Gasteiger partial charge in [-0.1, -0.05) is 0 Å². The minimum Gasteiger partial charge on any atom is -0.372 e. The van der Waals surface area contributed by atoms with E-state index in [2.05, 4.69) is 10.6 Å². The van der Waals surface area contributed by atoms with Gasteiger partial charge in [-0.2, -0.15) is 0 Å². The molecule has 1 aromatic carbocycles. The second-order valence-electron chi connectivity index (χ2n) is 6.67. The number of Topliss-reactive ketones (excluding diaryl/α,β-unsaturated/α-hetero) is 1. The molecule has 27 heavy (non-hydrogen) atoms. The first-order valence-electron chi connectivity index (χ1n) is 8.72. The Labute approximate surface area is 154 Å². The topological polar surface area (TPSA) is 116 Å². The first kappa shape index (κ1) is 19.0. The molecular weight excluding hydrogens is 357 g/mol. The standard InChI is InChI=1S/C18H20FN3O5/c19-13-7-10(9-23)12(8-15(13)22-5-3-11(24)4-6-22)17(26)20-14-1-2-16(25)21-18(14)27/h7-9,14,18,27H,1-6H2,(H,20,26)(H,21,25). The smallest absolute Gasteiger partial charge is 0.252 e. The van der Waals surface area contributed by atoms with Gasteiger partial charge in [-0.25, -0.2) is 4.39 Å². The number of carbonyl (C=O) groups excluding carboxylic acids is 4. The molecule has 2 atom stereocenters. The summed E-state index contributed by atoms with van der Waals surface area (Å²) in [7, 11) is 0. The van der Waals surface area contributed by atoms with Gasteiger partial charge in [0.25, 0.3) is 5.91 Å². The normalized spacial score (nSPS) is 23.0. The van der Waals surface area contributed by atoms with E-state index >= 15 is 0 Å². The molecule has 0 aliphatic carbocycles. The molecule has 2 amide bonds. The number of aliphatic hydroxyl groups excluding tert-OH is 1. The lowest BCUT2D eigenvalue weighted by molar-refractivity contribution is -0.127. The van der Waals surface area contributed by atoms with Crippen molar-refractivity contribution < 1.29 is 28.7 Å². The maximum absolute atomic E-state index is 14.4. The molecule has 2 unspecified atom stereocenters. The number of rotatable bonds is 4. The number of anilines is 1. The van der Waals surface area contributed by atoms with Gasteiger partial charge >= 0.3 is 0 Å². The molecule has 0 aromatic heterocycles. The Morgan fingerprint density at radius 3 is 2.59 bits per heavy atom. The van der Waals surface area contributed by atoms with Gasteiger partial charge in [-0.3, -0.25) is 19.2 Å². The van der Waals surface area contributed by atoms with Crippen LogP contribution in [0.2, 0.25) is 0 Å². The number of halogens is 1. The molecule has 0 bridgehead atoms. The summed E-state index contributed by atoms with van der Waals surface area (Å²) in [5.41, 5.74) is 0.00863. The van der Waals surface area contributed by atoms with Crippen molar-refractivity contribution in [2.75, 3.05) is 18.0 Å². The van der Waals surface area contributed by atoms with E-state index in [1.807, 2.05) is 0 Å². The number of hydrogen-bond acceptors (Lipinski definition) is 6. The van der Waals surface area contributed by atoms with Gasteiger partial charge in [0.15, 0.2) is 6.29 Å². The van der Waals surface area contributed by atoms with Gasteiger partial charge in [0.05, 0.1) is 17.3 Å². The van der Waals surface area contributed by atoms with Crippen LogP contribution in [-0.4, -0.2) is 54.3 Å². The van der Waals surface area contributed by atoms with E-state index in [1.54, 1.807) is 4.90 Å². The number of aliphatic hydroxyl groups is 1. The number of nitrogens with one attached hydrogen (secondary N) is 2. The summed E-state index contributed by atoms with van der Waals surface area (Å²) >= 11 is 0. The van der Waals surface area contributed by atoms with Crippen LogP contribution in [0.4, 0.5) is 10.1 Å². The molecule has 3 rings (SSSR count). The molecule has 2 heterocycles. The Bertz CT molecular complexity index is 787. The van der Waals surface area contributed by atoms with Crippen LogP contribution in [0.25, 0.3) is 0 Å². The molecule has 9 heteroatoms. The molecule has 0 radical (unpaired) electrons. The minimum atomic E-state index is -1.23. The Balaban J connectivity index is 1.83. The van der Waals surface area contributed by atoms with Crippen LogP contribution >= 0.6 is 0 Å². The zero-order valence-electron chi connectivity index (χ0n) is 14.5. The van der Waals surface area contributed by atoms with E-state index in [9.17, 15) is 28.7 Å². The molecule has 0 spiro atoms. The Hall–Kier alpha value is -2.81. The summed E-state index contributed by atoms with van der Waals surface area (Å²) in [4.78, 5) is 48.2. The van der Waals surface area contributed by atoms with Crippen molar-refractivity contribution in [1.29, 1.82) is 0 Å². The maximum Gasteiger partial charge on any atom is 0.252 e. The summed E-state index contributed by atoms with van der Waals surface area (Å²) < 4.78 is 14.4. The van der Waals surface area contributed by atoms with E-state index in [1.165, 1.54) is 6.07 Å². The first-order chi connectivity index (χ1) is 12.9. The number of amides is 2. The van der Waals surface area contributed by atoms with E-state index in [0.29, 0.717) is 32.2 Å². The third kappa shape index (κ3) is 4.13. The van der Waals surface area contributed by atoms with Gasteiger partial charge in [0, 0.05) is 37.9 Å². The molecule has 144 valence electrons. The average molecular weight is 377 g/mol. The third-order valence-electron chi connectivity index (χ3n) is 4.84. The monoisotopic (exact) mass is 377 g/mol. The maximum atomic E-state index is 14.4. The van der Waals surface area contributed by atoms with Crippen molar-refractivity contribution in [2.45, 2.75) is 38.0 Å². The van der Waals surface area contributed by atoms with Gasteiger partial charge in [0.2, 0.25) is 5.91 Å². The summed E-state index contributed by atoms with van der Waals surface area (Å²) in [5, 5.41) is 14.8. The lowest BCUT2D eigenvalue weighted by atomic mass is 10.0. The van der Waals surface area contributed by atoms with Crippen molar-refractivity contribution >= 4 is 29.6 Å². The summed E-state index contributed by atoms with van der Waals surface area (Å²) in [6.45, 7) is 0.676. The van der Waals surface area contributed by atoms with Crippen molar-refractivity contribution in [3.8, 4) is 0 Å². The second-order valence-corrected chi connectivity index (χ2v) is 6.67. The molecule has 1 aromatic rings. The van der Waals surface area contributed by atoms with E-state index in [4.69, 9.17) is 0 Å². The number of nitrogens with zero attached hydrogens (tertiary/aromatic N) is 1. The summed E-state index contributed by atoms with van der Waals surface area (Å²) in [6.07, 6.45) is 0.147. The zero-order chi connectivity index (χ0) is 19.6. The second kappa shape index (κ2) is 7.83. The molecule has 8 nitrogen and oxygen atoms in total. The molecule has 3 N–H and O–H groups in total. The van der Waals surface area contributed by atoms with Gasteiger partial charge in [-0.05, 0) is 18.6 Å². The number of ketones is 1. The number of carbonyl (C=O) groups is 4. The van der Waals surface area contributed by atoms with Crippen LogP contribution in [0.15, 0.2) is 12.1 Å². The average Bonchev–Trinajstić information content (AvgIpc) is 2.64. The van der Waals surface area contributed by atoms with Crippen LogP contribution in [0.5, 0.6) is 0 Å². The zero-order valence-corrected chi connectivity index (χ0v) is 14.5. The number of aldehydes is 1. The summed E-state index contributed by atoms with van der Waals surface area (Å²) in [6, 6.07) is 1.57. The Kier molecular flexibility index (Phi) is 5.50. The molecule has 2 saturated heterocycles. The van der Waals surface area contributed by atoms with E-state index < -0.39 is 24.0 Å². The number of hydrogen-bond donors (Lipinski definition) is 3. The highest BCUT2D eigenvalue weighted by Crippen LogP contribution is 2.26. The van der Waals surface area contributed by atoms with Crippen LogP contribution in [0.1, 0.15) is 46.4 Å². The van der Waals surface area contributed by atoms with Crippen molar-refractivity contribution in [1.82, 2.24) is 10.6 Å². The van der Waals surface area contributed by atoms with Crippen molar-refractivity contribution in [3.63, 3.8) is 0 Å². The van der Waals surface area contributed by atoms with Crippen LogP contribution < -0.4 is 15.5 Å². The highest BCUT2D eigenvalue weighted by molar-refractivity contribution is 6.02. The van der Waals surface area contributed by atoms with Crippen LogP contribution in [-0.2, 0) is 9.59 Å². The Morgan fingerprint density at radius 1 is 1.26 bits per heavy atom. The highest BCUT2D eigenvalue weighted by Gasteiger charge is 2.29. The van der Waals surface area contributed by atoms with Crippen molar-refractivity contribution in [2.24, 2.45) is 0 Å². The molecule has 2 aliphatic heterocycles. The van der Waals surface area contributed by atoms with E-state index in [0.717, 1.165) is 6.07 Å². The number of benzene rings is 1. The Morgan fingerprint density at radius 2 is 1.96 bits per heavy atom. The van der Waals surface area contributed by atoms with Crippen LogP contribution in [0, 0.1) is 5.82 Å². The summed E-state index contributed by atoms with van der Waals surface area (Å²) in [5.74, 6) is -1.51.